The van der Waals surface area contributed by atoms with E-state index in [9.17, 15) is 14.7 Å². The maximum Gasteiger partial charge on any atom is 0.300 e. The van der Waals surface area contributed by atoms with Crippen molar-refractivity contribution in [3.05, 3.63) is 107 Å². The van der Waals surface area contributed by atoms with Crippen LogP contribution in [0.4, 0.5) is 5.69 Å². The second-order valence-corrected chi connectivity index (χ2v) is 6.78. The number of aliphatic hydroxyl groups is 1. The Kier molecular flexibility index (Phi) is 4.53. The van der Waals surface area contributed by atoms with E-state index < -0.39 is 17.7 Å². The molecule has 28 heavy (non-hydrogen) atoms. The molecule has 0 radical (unpaired) electrons. The Morgan fingerprint density at radius 3 is 2.14 bits per heavy atom. The summed E-state index contributed by atoms with van der Waals surface area (Å²) in [6.45, 7) is 1.93. The van der Waals surface area contributed by atoms with E-state index in [1.807, 2.05) is 61.5 Å². The van der Waals surface area contributed by atoms with Crippen molar-refractivity contribution in [2.24, 2.45) is 0 Å². The maximum absolute atomic E-state index is 13.0. The zero-order valence-corrected chi connectivity index (χ0v) is 15.4. The van der Waals surface area contributed by atoms with Gasteiger partial charge in [0.1, 0.15) is 5.76 Å². The lowest BCUT2D eigenvalue weighted by Crippen LogP contribution is -2.29. The zero-order valence-electron chi connectivity index (χ0n) is 15.4. The van der Waals surface area contributed by atoms with Gasteiger partial charge in [-0.05, 0) is 30.2 Å². The molecule has 0 aromatic heterocycles. The minimum atomic E-state index is -0.691. The normalized spacial score (nSPS) is 18.5. The SMILES string of the molecule is Cc1cccc(N2C(=O)C(=O)/C(=C(/O)c3ccccc3)[C@@H]2c2ccccc2)c1. The lowest BCUT2D eigenvalue weighted by molar-refractivity contribution is -0.132. The van der Waals surface area contributed by atoms with Crippen molar-refractivity contribution in [3.63, 3.8) is 0 Å². The van der Waals surface area contributed by atoms with Gasteiger partial charge in [-0.2, -0.15) is 0 Å². The molecule has 0 unspecified atom stereocenters. The van der Waals surface area contributed by atoms with Crippen LogP contribution in [0.15, 0.2) is 90.5 Å². The van der Waals surface area contributed by atoms with Crippen LogP contribution in [0.2, 0.25) is 0 Å². The number of carbonyl (C=O) groups is 2. The molecule has 138 valence electrons. The Labute approximate surface area is 163 Å². The molecule has 0 aliphatic carbocycles. The first-order valence-electron chi connectivity index (χ1n) is 9.06. The molecule has 4 nitrogen and oxygen atoms in total. The third-order valence-corrected chi connectivity index (χ3v) is 4.89. The number of amides is 1. The number of rotatable bonds is 3. The average Bonchev–Trinajstić information content (AvgIpc) is 3.00. The summed E-state index contributed by atoms with van der Waals surface area (Å²) in [5.41, 5.74) is 2.98. The molecule has 1 aliphatic rings. The van der Waals surface area contributed by atoms with Gasteiger partial charge >= 0.3 is 0 Å². The first kappa shape index (κ1) is 17.7. The van der Waals surface area contributed by atoms with Crippen LogP contribution in [0.3, 0.4) is 0 Å². The van der Waals surface area contributed by atoms with Crippen molar-refractivity contribution in [3.8, 4) is 0 Å². The quantitative estimate of drug-likeness (QED) is 0.416. The Morgan fingerprint density at radius 2 is 1.50 bits per heavy atom. The summed E-state index contributed by atoms with van der Waals surface area (Å²) in [7, 11) is 0. The first-order valence-corrected chi connectivity index (χ1v) is 9.06. The number of Topliss-reactive ketones (excluding diaryl/α,β-unsaturated/α-hetero) is 1. The molecular formula is C24H19NO3. The Hall–Kier alpha value is -3.66. The smallest absolute Gasteiger partial charge is 0.300 e. The van der Waals surface area contributed by atoms with Crippen LogP contribution in [0, 0.1) is 6.92 Å². The molecule has 4 heteroatoms. The number of aliphatic hydroxyl groups excluding tert-OH is 1. The third-order valence-electron chi connectivity index (χ3n) is 4.89. The standard InChI is InChI=1S/C24H19NO3/c1-16-9-8-14-19(15-16)25-21(17-10-4-2-5-11-17)20(23(27)24(25)28)22(26)18-12-6-3-7-13-18/h2-15,21,26H,1H3/b22-20+/t21-/m0/s1. The van der Waals surface area contributed by atoms with Crippen molar-refractivity contribution in [2.75, 3.05) is 4.90 Å². The summed E-state index contributed by atoms with van der Waals surface area (Å²) in [6, 6.07) is 24.9. The molecule has 4 rings (SSSR count). The van der Waals surface area contributed by atoms with Crippen LogP contribution in [0.1, 0.15) is 22.7 Å². The molecule has 1 saturated heterocycles. The van der Waals surface area contributed by atoms with E-state index in [1.165, 1.54) is 4.90 Å². The van der Waals surface area contributed by atoms with Gasteiger partial charge in [-0.15, -0.1) is 0 Å². The molecule has 1 heterocycles. The van der Waals surface area contributed by atoms with Gasteiger partial charge in [0.05, 0.1) is 11.6 Å². The summed E-state index contributed by atoms with van der Waals surface area (Å²) in [5.74, 6) is -1.49. The Bertz CT molecular complexity index is 1070. The topological polar surface area (TPSA) is 57.6 Å². The predicted molar refractivity (Wildman–Crippen MR) is 109 cm³/mol. The summed E-state index contributed by atoms with van der Waals surface area (Å²) in [6.07, 6.45) is 0. The number of aryl methyl sites for hydroxylation is 1. The Morgan fingerprint density at radius 1 is 0.857 bits per heavy atom. The highest BCUT2D eigenvalue weighted by Crippen LogP contribution is 2.42. The number of carbonyl (C=O) groups excluding carboxylic acids is 2. The zero-order chi connectivity index (χ0) is 19.7. The highest BCUT2D eigenvalue weighted by Gasteiger charge is 2.46. The molecule has 0 bridgehead atoms. The van der Waals surface area contributed by atoms with Crippen molar-refractivity contribution < 1.29 is 14.7 Å². The van der Waals surface area contributed by atoms with Gasteiger partial charge in [0.15, 0.2) is 0 Å². The molecule has 1 fully saturated rings. The van der Waals surface area contributed by atoms with Crippen LogP contribution < -0.4 is 4.90 Å². The fraction of sp³-hybridized carbons (Fsp3) is 0.0833. The van der Waals surface area contributed by atoms with E-state index >= 15 is 0 Å². The number of benzene rings is 3. The second kappa shape index (κ2) is 7.16. The van der Waals surface area contributed by atoms with Gasteiger partial charge in [-0.3, -0.25) is 14.5 Å². The predicted octanol–water partition coefficient (Wildman–Crippen LogP) is 4.62. The van der Waals surface area contributed by atoms with E-state index in [-0.39, 0.29) is 11.3 Å². The summed E-state index contributed by atoms with van der Waals surface area (Å²) < 4.78 is 0. The van der Waals surface area contributed by atoms with Crippen LogP contribution in [0.5, 0.6) is 0 Å². The number of anilines is 1. The minimum absolute atomic E-state index is 0.101. The van der Waals surface area contributed by atoms with Crippen LogP contribution in [-0.2, 0) is 9.59 Å². The number of hydrogen-bond donors (Lipinski definition) is 1. The van der Waals surface area contributed by atoms with Crippen LogP contribution in [0.25, 0.3) is 5.76 Å². The highest BCUT2D eigenvalue weighted by molar-refractivity contribution is 6.51. The van der Waals surface area contributed by atoms with Crippen molar-refractivity contribution >= 4 is 23.1 Å². The molecule has 3 aromatic rings. The summed E-state index contributed by atoms with van der Waals surface area (Å²) in [5, 5.41) is 10.9. The fourth-order valence-corrected chi connectivity index (χ4v) is 3.58. The number of nitrogens with zero attached hydrogens (tertiary/aromatic N) is 1. The molecule has 1 amide bonds. The summed E-state index contributed by atoms with van der Waals surface area (Å²) in [4.78, 5) is 27.4. The fourth-order valence-electron chi connectivity index (χ4n) is 3.58. The van der Waals surface area contributed by atoms with E-state index in [4.69, 9.17) is 0 Å². The molecule has 1 atom stereocenters. The van der Waals surface area contributed by atoms with Crippen LogP contribution in [-0.4, -0.2) is 16.8 Å². The van der Waals surface area contributed by atoms with Crippen molar-refractivity contribution in [1.82, 2.24) is 0 Å². The molecule has 3 aromatic carbocycles. The highest BCUT2D eigenvalue weighted by atomic mass is 16.3. The van der Waals surface area contributed by atoms with Gasteiger partial charge in [0.25, 0.3) is 11.7 Å². The van der Waals surface area contributed by atoms with Crippen LogP contribution >= 0.6 is 0 Å². The lowest BCUT2D eigenvalue weighted by Gasteiger charge is -2.25. The van der Waals surface area contributed by atoms with E-state index in [1.54, 1.807) is 30.3 Å². The lowest BCUT2D eigenvalue weighted by atomic mass is 9.95. The van der Waals surface area contributed by atoms with E-state index in [0.717, 1.165) is 11.1 Å². The maximum atomic E-state index is 13.0. The minimum Gasteiger partial charge on any atom is -0.507 e. The third kappa shape index (κ3) is 2.99. The monoisotopic (exact) mass is 369 g/mol. The molecular weight excluding hydrogens is 350 g/mol. The van der Waals surface area contributed by atoms with E-state index in [2.05, 4.69) is 0 Å². The van der Waals surface area contributed by atoms with Gasteiger partial charge in [0, 0.05) is 11.3 Å². The average molecular weight is 369 g/mol. The number of hydrogen-bond acceptors (Lipinski definition) is 3. The molecule has 1 N–H and O–H groups in total. The van der Waals surface area contributed by atoms with E-state index in [0.29, 0.717) is 11.3 Å². The van der Waals surface area contributed by atoms with Crippen molar-refractivity contribution in [2.45, 2.75) is 13.0 Å². The van der Waals surface area contributed by atoms with Gasteiger partial charge in [-0.25, -0.2) is 0 Å². The molecule has 0 spiro atoms. The number of ketones is 1. The summed E-state index contributed by atoms with van der Waals surface area (Å²) >= 11 is 0. The van der Waals surface area contributed by atoms with Gasteiger partial charge in [-0.1, -0.05) is 72.8 Å². The molecule has 0 saturated carbocycles. The van der Waals surface area contributed by atoms with Gasteiger partial charge < -0.3 is 5.11 Å². The van der Waals surface area contributed by atoms with Crippen molar-refractivity contribution in [1.29, 1.82) is 0 Å². The Balaban J connectivity index is 1.95. The largest absolute Gasteiger partial charge is 0.507 e. The first-order chi connectivity index (χ1) is 13.6. The second-order valence-electron chi connectivity index (χ2n) is 6.78. The molecule has 1 aliphatic heterocycles. The van der Waals surface area contributed by atoms with Gasteiger partial charge in [0.2, 0.25) is 0 Å².